The fourth-order valence-electron chi connectivity index (χ4n) is 2.61. The molecular weight excluding hydrogens is 236 g/mol. The van der Waals surface area contributed by atoms with Crippen LogP contribution >= 0.6 is 0 Å². The fraction of sp³-hybridized carbons (Fsp3) is 0.438. The van der Waals surface area contributed by atoms with Crippen LogP contribution in [0.5, 0.6) is 5.75 Å². The number of hydrogen-bond donors (Lipinski definition) is 0. The highest BCUT2D eigenvalue weighted by molar-refractivity contribution is 5.79. The van der Waals surface area contributed by atoms with E-state index in [0.717, 1.165) is 29.8 Å². The van der Waals surface area contributed by atoms with Crippen molar-refractivity contribution in [3.8, 4) is 5.75 Å². The first-order valence-corrected chi connectivity index (χ1v) is 7.12. The maximum absolute atomic E-state index is 5.81. The second kappa shape index (κ2) is 6.02. The van der Waals surface area contributed by atoms with E-state index in [2.05, 4.69) is 22.0 Å². The number of aromatic nitrogens is 1. The number of pyridine rings is 1. The van der Waals surface area contributed by atoms with E-state index in [-0.39, 0.29) is 0 Å². The van der Waals surface area contributed by atoms with Crippen LogP contribution in [0.15, 0.2) is 36.5 Å². The smallest absolute Gasteiger partial charge is 0.138 e. The van der Waals surface area contributed by atoms with Crippen LogP contribution in [0.2, 0.25) is 0 Å². The van der Waals surface area contributed by atoms with E-state index in [1.807, 2.05) is 24.4 Å². The predicted octanol–water partition coefficient (Wildman–Crippen LogP) is 3.10. The molecule has 100 valence electrons. The molecule has 3 nitrogen and oxygen atoms in total. The average molecular weight is 256 g/mol. The molecule has 0 N–H and O–H groups in total. The molecule has 3 heteroatoms. The van der Waals surface area contributed by atoms with Crippen LogP contribution in [0.1, 0.15) is 19.3 Å². The van der Waals surface area contributed by atoms with Gasteiger partial charge in [-0.25, -0.2) is 0 Å². The van der Waals surface area contributed by atoms with Crippen LogP contribution < -0.4 is 4.74 Å². The van der Waals surface area contributed by atoms with Crippen LogP contribution in [-0.2, 0) is 0 Å². The molecule has 0 atom stereocenters. The molecule has 0 unspecified atom stereocenters. The highest BCUT2D eigenvalue weighted by Crippen LogP contribution is 2.18. The first kappa shape index (κ1) is 12.4. The van der Waals surface area contributed by atoms with Gasteiger partial charge >= 0.3 is 0 Å². The van der Waals surface area contributed by atoms with E-state index >= 15 is 0 Å². The topological polar surface area (TPSA) is 25.4 Å². The van der Waals surface area contributed by atoms with Crippen molar-refractivity contribution in [3.05, 3.63) is 36.5 Å². The molecule has 3 rings (SSSR count). The van der Waals surface area contributed by atoms with Crippen molar-refractivity contribution < 1.29 is 4.74 Å². The Labute approximate surface area is 114 Å². The quantitative estimate of drug-likeness (QED) is 0.840. The third-order valence-corrected chi connectivity index (χ3v) is 3.69. The summed E-state index contributed by atoms with van der Waals surface area (Å²) in [6, 6.07) is 10.2. The summed E-state index contributed by atoms with van der Waals surface area (Å²) in [5, 5.41) is 1.14. The molecule has 0 saturated carbocycles. The molecule has 0 spiro atoms. The van der Waals surface area contributed by atoms with E-state index in [0.29, 0.717) is 0 Å². The van der Waals surface area contributed by atoms with Crippen LogP contribution in [0.4, 0.5) is 0 Å². The van der Waals surface area contributed by atoms with Crippen LogP contribution in [0.25, 0.3) is 10.9 Å². The maximum atomic E-state index is 5.81. The van der Waals surface area contributed by atoms with Gasteiger partial charge in [-0.05, 0) is 38.1 Å². The zero-order chi connectivity index (χ0) is 12.9. The Balaban J connectivity index is 1.56. The van der Waals surface area contributed by atoms with Gasteiger partial charge in [0.2, 0.25) is 0 Å². The van der Waals surface area contributed by atoms with Crippen molar-refractivity contribution in [1.29, 1.82) is 0 Å². The van der Waals surface area contributed by atoms with E-state index in [1.165, 1.54) is 32.4 Å². The Morgan fingerprint density at radius 2 is 1.95 bits per heavy atom. The van der Waals surface area contributed by atoms with Crippen molar-refractivity contribution in [2.24, 2.45) is 0 Å². The molecule has 0 amide bonds. The average Bonchev–Trinajstić information content (AvgIpc) is 2.48. The van der Waals surface area contributed by atoms with Gasteiger partial charge in [0.05, 0.1) is 11.7 Å². The molecule has 0 radical (unpaired) electrons. The first-order chi connectivity index (χ1) is 9.42. The van der Waals surface area contributed by atoms with Gasteiger partial charge in [0.15, 0.2) is 0 Å². The number of ether oxygens (including phenoxy) is 1. The molecule has 1 aromatic heterocycles. The summed E-state index contributed by atoms with van der Waals surface area (Å²) in [7, 11) is 0. The molecule has 0 aliphatic carbocycles. The minimum Gasteiger partial charge on any atom is -0.491 e. The minimum absolute atomic E-state index is 0.750. The molecule has 1 fully saturated rings. The molecule has 2 heterocycles. The zero-order valence-corrected chi connectivity index (χ0v) is 11.2. The molecule has 1 saturated heterocycles. The highest BCUT2D eigenvalue weighted by Gasteiger charge is 2.09. The number of para-hydroxylation sites is 1. The number of nitrogens with zero attached hydrogens (tertiary/aromatic N) is 2. The summed E-state index contributed by atoms with van der Waals surface area (Å²) >= 11 is 0. The number of piperidine rings is 1. The second-order valence-electron chi connectivity index (χ2n) is 5.11. The Hall–Kier alpha value is -1.61. The van der Waals surface area contributed by atoms with Gasteiger partial charge in [0.25, 0.3) is 0 Å². The molecular formula is C16H20N2O. The SMILES string of the molecule is c1ccc2ncc(OCCN3CCCCC3)cc2c1. The third-order valence-electron chi connectivity index (χ3n) is 3.69. The largest absolute Gasteiger partial charge is 0.491 e. The van der Waals surface area contributed by atoms with Gasteiger partial charge in [-0.15, -0.1) is 0 Å². The summed E-state index contributed by atoms with van der Waals surface area (Å²) in [4.78, 5) is 6.89. The summed E-state index contributed by atoms with van der Waals surface area (Å²) in [5.41, 5.74) is 1.02. The number of benzene rings is 1. The third kappa shape index (κ3) is 3.24. The van der Waals surface area contributed by atoms with Gasteiger partial charge in [-0.1, -0.05) is 24.6 Å². The van der Waals surface area contributed by atoms with Crippen LogP contribution in [-0.4, -0.2) is 36.1 Å². The lowest BCUT2D eigenvalue weighted by molar-refractivity contribution is 0.183. The zero-order valence-electron chi connectivity index (χ0n) is 11.2. The van der Waals surface area contributed by atoms with E-state index in [9.17, 15) is 0 Å². The van der Waals surface area contributed by atoms with Crippen LogP contribution in [0.3, 0.4) is 0 Å². The highest BCUT2D eigenvalue weighted by atomic mass is 16.5. The number of hydrogen-bond acceptors (Lipinski definition) is 3. The fourth-order valence-corrected chi connectivity index (χ4v) is 2.61. The van der Waals surface area contributed by atoms with E-state index in [4.69, 9.17) is 4.74 Å². The molecule has 1 aromatic carbocycles. The summed E-state index contributed by atoms with van der Waals surface area (Å²) in [6.45, 7) is 4.21. The number of fused-ring (bicyclic) bond motifs is 1. The van der Waals surface area contributed by atoms with Crippen molar-refractivity contribution in [3.63, 3.8) is 0 Å². The molecule has 1 aliphatic rings. The molecule has 0 bridgehead atoms. The Bertz CT molecular complexity index is 535. The number of likely N-dealkylation sites (tertiary alicyclic amines) is 1. The monoisotopic (exact) mass is 256 g/mol. The molecule has 2 aromatic rings. The normalized spacial score (nSPS) is 16.6. The lowest BCUT2D eigenvalue weighted by atomic mass is 10.1. The lowest BCUT2D eigenvalue weighted by Gasteiger charge is -2.26. The first-order valence-electron chi connectivity index (χ1n) is 7.12. The standard InChI is InChI=1S/C16H20N2O/c1-4-8-18(9-5-1)10-11-19-15-12-14-6-2-3-7-16(14)17-13-15/h2-3,6-7,12-13H,1,4-5,8-11H2. The van der Waals surface area contributed by atoms with Crippen molar-refractivity contribution >= 4 is 10.9 Å². The lowest BCUT2D eigenvalue weighted by Crippen LogP contribution is -2.33. The summed E-state index contributed by atoms with van der Waals surface area (Å²) < 4.78 is 5.81. The second-order valence-corrected chi connectivity index (χ2v) is 5.11. The molecule has 1 aliphatic heterocycles. The number of rotatable bonds is 4. The van der Waals surface area contributed by atoms with Gasteiger partial charge in [-0.3, -0.25) is 9.88 Å². The Morgan fingerprint density at radius 1 is 1.11 bits per heavy atom. The van der Waals surface area contributed by atoms with Gasteiger partial charge in [-0.2, -0.15) is 0 Å². The van der Waals surface area contributed by atoms with Crippen molar-refractivity contribution in [2.75, 3.05) is 26.2 Å². The van der Waals surface area contributed by atoms with E-state index < -0.39 is 0 Å². The van der Waals surface area contributed by atoms with Crippen molar-refractivity contribution in [1.82, 2.24) is 9.88 Å². The maximum Gasteiger partial charge on any atom is 0.138 e. The Kier molecular flexibility index (Phi) is 3.94. The molecule has 19 heavy (non-hydrogen) atoms. The minimum atomic E-state index is 0.750. The summed E-state index contributed by atoms with van der Waals surface area (Å²) in [5.74, 6) is 0.871. The predicted molar refractivity (Wildman–Crippen MR) is 77.5 cm³/mol. The van der Waals surface area contributed by atoms with E-state index in [1.54, 1.807) is 0 Å². The van der Waals surface area contributed by atoms with Gasteiger partial charge in [0.1, 0.15) is 12.4 Å². The summed E-state index contributed by atoms with van der Waals surface area (Å²) in [6.07, 6.45) is 5.86. The van der Waals surface area contributed by atoms with Crippen molar-refractivity contribution in [2.45, 2.75) is 19.3 Å². The Morgan fingerprint density at radius 3 is 2.84 bits per heavy atom. The van der Waals surface area contributed by atoms with Crippen LogP contribution in [0, 0.1) is 0 Å². The van der Waals surface area contributed by atoms with Gasteiger partial charge in [0, 0.05) is 11.9 Å². The van der Waals surface area contributed by atoms with Gasteiger partial charge < -0.3 is 4.74 Å².